The number of aliphatic hydroxyl groups excluding tert-OH is 1. The molecule has 1 fully saturated rings. The second kappa shape index (κ2) is 10.5. The van der Waals surface area contributed by atoms with Crippen LogP contribution < -0.4 is 14.2 Å². The minimum absolute atomic E-state index is 0. The molecule has 0 bridgehead atoms. The van der Waals surface area contributed by atoms with E-state index in [4.69, 9.17) is 14.2 Å². The number of unbranched alkanes of at least 4 members (excludes halogenated alkanes) is 1. The number of ether oxygens (including phenoxy) is 3. The van der Waals surface area contributed by atoms with Crippen LogP contribution in [0.1, 0.15) is 36.0 Å². The summed E-state index contributed by atoms with van der Waals surface area (Å²) in [7, 11) is 4.62. The van der Waals surface area contributed by atoms with E-state index in [1.165, 1.54) is 14.2 Å². The summed E-state index contributed by atoms with van der Waals surface area (Å²) in [6.07, 6.45) is 2.82. The van der Waals surface area contributed by atoms with Gasteiger partial charge in [0.25, 0.3) is 0 Å². The Morgan fingerprint density at radius 1 is 1.16 bits per heavy atom. The molecule has 1 heterocycles. The molecule has 142 valence electrons. The van der Waals surface area contributed by atoms with E-state index in [9.17, 15) is 9.90 Å². The van der Waals surface area contributed by atoms with Gasteiger partial charge in [-0.3, -0.25) is 4.79 Å². The van der Waals surface area contributed by atoms with Gasteiger partial charge >= 0.3 is 0 Å². The predicted molar refractivity (Wildman–Crippen MR) is 98.6 cm³/mol. The molecule has 0 spiro atoms. The third-order valence-electron chi connectivity index (χ3n) is 4.37. The van der Waals surface area contributed by atoms with Crippen molar-refractivity contribution in [2.75, 3.05) is 41.0 Å². The van der Waals surface area contributed by atoms with Crippen LogP contribution in [0.15, 0.2) is 12.1 Å². The standard InChI is InChI=1S/C18H27NO5.ClH/c1-22-14-10-16(23-2)18(17(11-14)24-3)15(21)6-4-5-8-19-9-7-13(20)12-19;/h10-11,13,20H,4-9,12H2,1-3H3;1H. The normalized spacial score (nSPS) is 17.0. The van der Waals surface area contributed by atoms with Crippen LogP contribution in [0.3, 0.4) is 0 Å². The Morgan fingerprint density at radius 2 is 1.80 bits per heavy atom. The summed E-state index contributed by atoms with van der Waals surface area (Å²) >= 11 is 0. The maximum absolute atomic E-state index is 12.6. The first-order valence-corrected chi connectivity index (χ1v) is 8.32. The smallest absolute Gasteiger partial charge is 0.170 e. The Labute approximate surface area is 155 Å². The lowest BCUT2D eigenvalue weighted by Crippen LogP contribution is -2.23. The van der Waals surface area contributed by atoms with Gasteiger partial charge in [0.05, 0.1) is 27.4 Å². The Balaban J connectivity index is 0.00000312. The fourth-order valence-corrected chi connectivity index (χ4v) is 3.04. The number of likely N-dealkylation sites (tertiary alicyclic amines) is 1. The number of β-amino-alcohol motifs (C(OH)–C–C–N with tert-alkyl or cyclic N) is 1. The molecule has 6 nitrogen and oxygen atoms in total. The highest BCUT2D eigenvalue weighted by atomic mass is 35.5. The highest BCUT2D eigenvalue weighted by Gasteiger charge is 2.21. The molecule has 1 N–H and O–H groups in total. The van der Waals surface area contributed by atoms with E-state index in [0.717, 1.165) is 38.9 Å². The van der Waals surface area contributed by atoms with Gasteiger partial charge in [-0.05, 0) is 25.8 Å². The lowest BCUT2D eigenvalue weighted by molar-refractivity contribution is 0.0971. The van der Waals surface area contributed by atoms with E-state index < -0.39 is 0 Å². The zero-order valence-electron chi connectivity index (χ0n) is 15.1. The molecule has 0 aliphatic carbocycles. The highest BCUT2D eigenvalue weighted by Crippen LogP contribution is 2.35. The molecule has 1 unspecified atom stereocenters. The molecular weight excluding hydrogens is 346 g/mol. The summed E-state index contributed by atoms with van der Waals surface area (Å²) in [5, 5.41) is 9.52. The molecule has 1 aliphatic rings. The number of carbonyl (C=O) groups excluding carboxylic acids is 1. The van der Waals surface area contributed by atoms with Crippen LogP contribution in [0.4, 0.5) is 0 Å². The lowest BCUT2D eigenvalue weighted by Gasteiger charge is -2.15. The number of methoxy groups -OCH3 is 3. The van der Waals surface area contributed by atoms with Crippen LogP contribution in [0.5, 0.6) is 17.2 Å². The molecule has 25 heavy (non-hydrogen) atoms. The molecule has 0 aromatic heterocycles. The first-order chi connectivity index (χ1) is 11.6. The van der Waals surface area contributed by atoms with Crippen LogP contribution >= 0.6 is 12.4 Å². The van der Waals surface area contributed by atoms with Gasteiger partial charge in [0.2, 0.25) is 0 Å². The SMILES string of the molecule is COc1cc(OC)c(C(=O)CCCCN2CCC(O)C2)c(OC)c1.Cl. The molecule has 1 atom stereocenters. The van der Waals surface area contributed by atoms with Crippen LogP contribution in [0.2, 0.25) is 0 Å². The molecule has 1 aliphatic heterocycles. The minimum atomic E-state index is -0.195. The predicted octanol–water partition coefficient (Wildman–Crippen LogP) is 2.55. The van der Waals surface area contributed by atoms with Gasteiger partial charge in [0.15, 0.2) is 5.78 Å². The quantitative estimate of drug-likeness (QED) is 0.530. The number of hydrogen-bond donors (Lipinski definition) is 1. The number of Topliss-reactive ketones (excluding diaryl/α,β-unsaturated/α-hetero) is 1. The lowest BCUT2D eigenvalue weighted by atomic mass is 10.0. The second-order valence-corrected chi connectivity index (χ2v) is 6.03. The molecule has 1 saturated heterocycles. The number of halogens is 1. The van der Waals surface area contributed by atoms with Crippen molar-refractivity contribution >= 4 is 18.2 Å². The van der Waals surface area contributed by atoms with Gasteiger partial charge in [-0.25, -0.2) is 0 Å². The summed E-state index contributed by atoms with van der Waals surface area (Å²) in [5.41, 5.74) is 0.470. The molecule has 1 aromatic rings. The van der Waals surface area contributed by atoms with Gasteiger partial charge in [-0.15, -0.1) is 12.4 Å². The highest BCUT2D eigenvalue weighted by molar-refractivity contribution is 6.01. The molecule has 7 heteroatoms. The van der Waals surface area contributed by atoms with Gasteiger partial charge in [0, 0.05) is 31.6 Å². The first-order valence-electron chi connectivity index (χ1n) is 8.32. The molecule has 0 radical (unpaired) electrons. The molecule has 0 saturated carbocycles. The average Bonchev–Trinajstić information content (AvgIpc) is 3.02. The molecular formula is C18H28ClNO5. The van der Waals surface area contributed by atoms with E-state index in [1.807, 2.05) is 0 Å². The van der Waals surface area contributed by atoms with Crippen molar-refractivity contribution in [2.24, 2.45) is 0 Å². The van der Waals surface area contributed by atoms with Gasteiger partial charge in [-0.1, -0.05) is 0 Å². The van der Waals surface area contributed by atoms with Crippen molar-refractivity contribution in [1.82, 2.24) is 4.90 Å². The molecule has 1 aromatic carbocycles. The van der Waals surface area contributed by atoms with Crippen LogP contribution in [-0.4, -0.2) is 62.9 Å². The van der Waals surface area contributed by atoms with Gasteiger partial charge in [0.1, 0.15) is 22.8 Å². The van der Waals surface area contributed by atoms with Gasteiger partial charge in [-0.2, -0.15) is 0 Å². The monoisotopic (exact) mass is 373 g/mol. The average molecular weight is 374 g/mol. The maximum atomic E-state index is 12.6. The number of rotatable bonds is 9. The van der Waals surface area contributed by atoms with Crippen molar-refractivity contribution in [3.63, 3.8) is 0 Å². The topological polar surface area (TPSA) is 68.2 Å². The zero-order chi connectivity index (χ0) is 17.5. The van der Waals surface area contributed by atoms with Crippen LogP contribution in [0, 0.1) is 0 Å². The van der Waals surface area contributed by atoms with Crippen molar-refractivity contribution in [3.8, 4) is 17.2 Å². The van der Waals surface area contributed by atoms with E-state index in [0.29, 0.717) is 29.2 Å². The first kappa shape index (κ1) is 21.5. The summed E-state index contributed by atoms with van der Waals surface area (Å²) in [5.74, 6) is 1.54. The molecule has 2 rings (SSSR count). The number of nitrogens with zero attached hydrogens (tertiary/aromatic N) is 1. The van der Waals surface area contributed by atoms with Gasteiger partial charge < -0.3 is 24.2 Å². The van der Waals surface area contributed by atoms with E-state index in [1.54, 1.807) is 19.2 Å². The van der Waals surface area contributed by atoms with Crippen LogP contribution in [0.25, 0.3) is 0 Å². The second-order valence-electron chi connectivity index (χ2n) is 6.03. The summed E-state index contributed by atoms with van der Waals surface area (Å²) in [6, 6.07) is 3.39. The van der Waals surface area contributed by atoms with E-state index in [2.05, 4.69) is 4.90 Å². The number of aliphatic hydroxyl groups is 1. The Morgan fingerprint density at radius 3 is 2.28 bits per heavy atom. The van der Waals surface area contributed by atoms with Crippen molar-refractivity contribution in [3.05, 3.63) is 17.7 Å². The van der Waals surface area contributed by atoms with E-state index >= 15 is 0 Å². The van der Waals surface area contributed by atoms with Crippen molar-refractivity contribution < 1.29 is 24.1 Å². The Bertz CT molecular complexity index is 541. The maximum Gasteiger partial charge on any atom is 0.170 e. The summed E-state index contributed by atoms with van der Waals surface area (Å²) in [6.45, 7) is 2.60. The third-order valence-corrected chi connectivity index (χ3v) is 4.37. The minimum Gasteiger partial charge on any atom is -0.496 e. The Hall–Kier alpha value is -1.50. The largest absolute Gasteiger partial charge is 0.496 e. The van der Waals surface area contributed by atoms with Crippen LogP contribution in [-0.2, 0) is 0 Å². The molecule has 0 amide bonds. The number of carbonyl (C=O) groups is 1. The van der Waals surface area contributed by atoms with Crippen molar-refractivity contribution in [2.45, 2.75) is 31.8 Å². The summed E-state index contributed by atoms with van der Waals surface area (Å²) < 4.78 is 15.9. The van der Waals surface area contributed by atoms with Crippen molar-refractivity contribution in [1.29, 1.82) is 0 Å². The number of hydrogen-bond acceptors (Lipinski definition) is 6. The Kier molecular flexibility index (Phi) is 9.03. The van der Waals surface area contributed by atoms with E-state index in [-0.39, 0.29) is 24.3 Å². The number of benzene rings is 1. The fourth-order valence-electron chi connectivity index (χ4n) is 3.04. The third kappa shape index (κ3) is 5.76. The summed E-state index contributed by atoms with van der Waals surface area (Å²) in [4.78, 5) is 14.8. The zero-order valence-corrected chi connectivity index (χ0v) is 15.9. The fraction of sp³-hybridized carbons (Fsp3) is 0.611. The number of ketones is 1.